The summed E-state index contributed by atoms with van der Waals surface area (Å²) in [6.07, 6.45) is 1.52. The second-order valence-corrected chi connectivity index (χ2v) is 5.79. The van der Waals surface area contributed by atoms with Gasteiger partial charge in [-0.25, -0.2) is 4.79 Å². The third-order valence-corrected chi connectivity index (χ3v) is 3.90. The minimum absolute atomic E-state index is 0.372. The molecule has 2 aromatic rings. The number of ether oxygens (including phenoxy) is 1. The van der Waals surface area contributed by atoms with Gasteiger partial charge in [0.15, 0.2) is 0 Å². The fourth-order valence-corrected chi connectivity index (χ4v) is 2.47. The summed E-state index contributed by atoms with van der Waals surface area (Å²) in [5.41, 5.74) is 1.68. The van der Waals surface area contributed by atoms with Gasteiger partial charge in [0.25, 0.3) is 0 Å². The van der Waals surface area contributed by atoms with Gasteiger partial charge in [0.05, 0.1) is 12.5 Å². The van der Waals surface area contributed by atoms with Crippen molar-refractivity contribution in [3.8, 4) is 0 Å². The van der Waals surface area contributed by atoms with Crippen molar-refractivity contribution in [2.45, 2.75) is 18.8 Å². The molecule has 1 aliphatic carbocycles. The molecule has 4 heteroatoms. The third kappa shape index (κ3) is 4.19. The molecule has 4 nitrogen and oxygen atoms in total. The Bertz CT molecular complexity index is 626. The molecule has 1 N–H and O–H groups in total. The van der Waals surface area contributed by atoms with Crippen LogP contribution in [0.25, 0.3) is 0 Å². The molecular weight excluding hydrogens is 290 g/mol. The zero-order valence-corrected chi connectivity index (χ0v) is 12.8. The fraction of sp³-hybridized carbons (Fsp3) is 0.263. The first kappa shape index (κ1) is 15.3. The summed E-state index contributed by atoms with van der Waals surface area (Å²) in [4.78, 5) is 24.4. The molecule has 118 valence electrons. The molecule has 1 fully saturated rings. The zero-order chi connectivity index (χ0) is 16.1. The highest BCUT2D eigenvalue weighted by Crippen LogP contribution is 2.29. The maximum atomic E-state index is 12.6. The number of hydrogen-bond acceptors (Lipinski definition) is 3. The number of carbonyl (C=O) groups excluding carboxylic acids is 2. The predicted molar refractivity (Wildman–Crippen MR) is 86.9 cm³/mol. The van der Waals surface area contributed by atoms with Gasteiger partial charge in [-0.1, -0.05) is 60.7 Å². The molecule has 0 aromatic heterocycles. The molecule has 1 aliphatic rings. The molecule has 0 radical (unpaired) electrons. The molecule has 3 rings (SSSR count). The van der Waals surface area contributed by atoms with Crippen LogP contribution >= 0.6 is 0 Å². The van der Waals surface area contributed by atoms with Crippen LogP contribution < -0.4 is 5.32 Å². The molecule has 0 aliphatic heterocycles. The molecule has 2 aromatic carbocycles. The van der Waals surface area contributed by atoms with E-state index in [0.29, 0.717) is 12.5 Å². The molecular formula is C19H19NO3. The first-order valence-electron chi connectivity index (χ1n) is 7.81. The van der Waals surface area contributed by atoms with Crippen molar-refractivity contribution in [2.24, 2.45) is 5.92 Å². The molecule has 0 atom stereocenters. The van der Waals surface area contributed by atoms with Gasteiger partial charge in [0, 0.05) is 0 Å². The predicted octanol–water partition coefficient (Wildman–Crippen LogP) is 3.48. The molecule has 0 unspecified atom stereocenters. The Morgan fingerprint density at radius 2 is 1.48 bits per heavy atom. The average Bonchev–Trinajstić information content (AvgIpc) is 3.39. The minimum atomic E-state index is -0.668. The number of carbonyl (C=O) groups is 2. The van der Waals surface area contributed by atoms with Crippen LogP contribution in [-0.4, -0.2) is 18.6 Å². The first-order valence-corrected chi connectivity index (χ1v) is 7.81. The van der Waals surface area contributed by atoms with Gasteiger partial charge < -0.3 is 4.74 Å². The molecule has 0 spiro atoms. The van der Waals surface area contributed by atoms with Crippen molar-refractivity contribution in [3.05, 3.63) is 71.8 Å². The number of nitrogens with one attached hydrogen (secondary N) is 1. The molecule has 23 heavy (non-hydrogen) atoms. The Labute approximate surface area is 135 Å². The third-order valence-electron chi connectivity index (χ3n) is 3.90. The van der Waals surface area contributed by atoms with Gasteiger partial charge in [-0.2, -0.15) is 0 Å². The summed E-state index contributed by atoms with van der Waals surface area (Å²) in [5.74, 6) is -0.441. The normalized spacial score (nSPS) is 13.6. The lowest BCUT2D eigenvalue weighted by Gasteiger charge is -2.17. The van der Waals surface area contributed by atoms with Gasteiger partial charge in [0.2, 0.25) is 5.91 Å². The summed E-state index contributed by atoms with van der Waals surface area (Å²) >= 11 is 0. The van der Waals surface area contributed by atoms with E-state index in [0.717, 1.165) is 24.0 Å². The van der Waals surface area contributed by atoms with Crippen LogP contribution in [-0.2, 0) is 9.53 Å². The van der Waals surface area contributed by atoms with E-state index >= 15 is 0 Å². The van der Waals surface area contributed by atoms with Gasteiger partial charge in [-0.05, 0) is 29.9 Å². The maximum Gasteiger partial charge on any atom is 0.413 e. The number of hydrogen-bond donors (Lipinski definition) is 1. The lowest BCUT2D eigenvalue weighted by Crippen LogP contribution is -2.35. The molecule has 0 saturated heterocycles. The van der Waals surface area contributed by atoms with E-state index in [1.165, 1.54) is 0 Å². The zero-order valence-electron chi connectivity index (χ0n) is 12.8. The number of amides is 2. The van der Waals surface area contributed by atoms with E-state index in [-0.39, 0.29) is 5.91 Å². The van der Waals surface area contributed by atoms with E-state index in [1.807, 2.05) is 60.7 Å². The number of rotatable bonds is 5. The summed E-state index contributed by atoms with van der Waals surface area (Å²) in [6, 6.07) is 18.8. The van der Waals surface area contributed by atoms with Gasteiger partial charge in [-0.3, -0.25) is 10.1 Å². The van der Waals surface area contributed by atoms with Crippen molar-refractivity contribution in [1.29, 1.82) is 0 Å². The van der Waals surface area contributed by atoms with Crippen LogP contribution in [0.15, 0.2) is 60.7 Å². The second-order valence-electron chi connectivity index (χ2n) is 5.79. The highest BCUT2D eigenvalue weighted by molar-refractivity contribution is 5.97. The SMILES string of the molecule is O=C(NC(=O)C(c1ccccc1)c1ccccc1)OCC1CC1. The number of alkyl carbamates (subject to hydrolysis) is 1. The average molecular weight is 309 g/mol. The van der Waals surface area contributed by atoms with Crippen LogP contribution in [0.3, 0.4) is 0 Å². The van der Waals surface area contributed by atoms with Crippen molar-refractivity contribution in [1.82, 2.24) is 5.32 Å². The Hall–Kier alpha value is -2.62. The van der Waals surface area contributed by atoms with E-state index in [9.17, 15) is 9.59 Å². The number of imide groups is 1. The van der Waals surface area contributed by atoms with E-state index < -0.39 is 12.0 Å². The van der Waals surface area contributed by atoms with E-state index in [1.54, 1.807) is 0 Å². The molecule has 0 bridgehead atoms. The van der Waals surface area contributed by atoms with Gasteiger partial charge in [-0.15, -0.1) is 0 Å². The fourth-order valence-electron chi connectivity index (χ4n) is 2.47. The molecule has 2 amide bonds. The topological polar surface area (TPSA) is 55.4 Å². The molecule has 1 saturated carbocycles. The van der Waals surface area contributed by atoms with Gasteiger partial charge in [0.1, 0.15) is 0 Å². The lowest BCUT2D eigenvalue weighted by atomic mass is 9.90. The summed E-state index contributed by atoms with van der Waals surface area (Å²) in [6.45, 7) is 0.389. The highest BCUT2D eigenvalue weighted by atomic mass is 16.5. The quantitative estimate of drug-likeness (QED) is 0.920. The van der Waals surface area contributed by atoms with Crippen LogP contribution in [0.5, 0.6) is 0 Å². The smallest absolute Gasteiger partial charge is 0.413 e. The summed E-state index contributed by atoms with van der Waals surface area (Å²) in [7, 11) is 0. The highest BCUT2D eigenvalue weighted by Gasteiger charge is 2.26. The van der Waals surface area contributed by atoms with Crippen molar-refractivity contribution in [3.63, 3.8) is 0 Å². The Morgan fingerprint density at radius 1 is 0.957 bits per heavy atom. The maximum absolute atomic E-state index is 12.6. The standard InChI is InChI=1S/C19H19NO3/c21-18(20-19(22)23-13-14-11-12-14)17(15-7-3-1-4-8-15)16-9-5-2-6-10-16/h1-10,14,17H,11-13H2,(H,20,21,22). The molecule has 0 heterocycles. The minimum Gasteiger partial charge on any atom is -0.449 e. The van der Waals surface area contributed by atoms with Crippen molar-refractivity contribution >= 4 is 12.0 Å². The Morgan fingerprint density at radius 3 is 1.96 bits per heavy atom. The van der Waals surface area contributed by atoms with Crippen molar-refractivity contribution < 1.29 is 14.3 Å². The van der Waals surface area contributed by atoms with Crippen LogP contribution in [0, 0.1) is 5.92 Å². The summed E-state index contributed by atoms with van der Waals surface area (Å²) in [5, 5.41) is 2.36. The van der Waals surface area contributed by atoms with Crippen LogP contribution in [0.2, 0.25) is 0 Å². The van der Waals surface area contributed by atoms with Crippen LogP contribution in [0.4, 0.5) is 4.79 Å². The Kier molecular flexibility index (Phi) is 4.71. The van der Waals surface area contributed by atoms with E-state index in [4.69, 9.17) is 4.74 Å². The van der Waals surface area contributed by atoms with Crippen molar-refractivity contribution in [2.75, 3.05) is 6.61 Å². The largest absolute Gasteiger partial charge is 0.449 e. The first-order chi connectivity index (χ1) is 11.2. The van der Waals surface area contributed by atoms with E-state index in [2.05, 4.69) is 5.32 Å². The van der Waals surface area contributed by atoms with Gasteiger partial charge >= 0.3 is 6.09 Å². The lowest BCUT2D eigenvalue weighted by molar-refractivity contribution is -0.121. The summed E-state index contributed by atoms with van der Waals surface area (Å²) < 4.78 is 5.09. The number of benzene rings is 2. The second kappa shape index (κ2) is 7.09. The Balaban J connectivity index is 1.74. The van der Waals surface area contributed by atoms with Crippen LogP contribution in [0.1, 0.15) is 29.9 Å². The monoisotopic (exact) mass is 309 g/mol.